The Bertz CT molecular complexity index is 907. The monoisotopic (exact) mass is 416 g/mol. The first-order valence-corrected chi connectivity index (χ1v) is 8.78. The van der Waals surface area contributed by atoms with Gasteiger partial charge in [0, 0.05) is 24.7 Å². The Kier molecular flexibility index (Phi) is 4.41. The molecule has 1 unspecified atom stereocenters. The summed E-state index contributed by atoms with van der Waals surface area (Å²) in [5.41, 5.74) is -0.347. The zero-order chi connectivity index (χ0) is 21.0. The highest BCUT2D eigenvalue weighted by atomic mass is 19.3. The van der Waals surface area contributed by atoms with Gasteiger partial charge in [-0.1, -0.05) is 0 Å². The van der Waals surface area contributed by atoms with Crippen LogP contribution in [0.2, 0.25) is 0 Å². The van der Waals surface area contributed by atoms with E-state index in [9.17, 15) is 27.2 Å². The van der Waals surface area contributed by atoms with Crippen molar-refractivity contribution in [3.05, 3.63) is 23.8 Å². The van der Waals surface area contributed by atoms with Crippen LogP contribution in [0.5, 0.6) is 5.75 Å². The molecule has 1 saturated heterocycles. The van der Waals surface area contributed by atoms with E-state index in [-0.39, 0.29) is 24.2 Å². The SMILES string of the molecule is CC1=NN(C(=O)Nc2ccc3c(c2)OC(F)(F)OC3(F)F)CC1N1CCCC1=O. The zero-order valence-corrected chi connectivity index (χ0v) is 15.1. The van der Waals surface area contributed by atoms with E-state index >= 15 is 0 Å². The third kappa shape index (κ3) is 3.59. The van der Waals surface area contributed by atoms with Crippen LogP contribution >= 0.6 is 0 Å². The molecule has 12 heteroatoms. The van der Waals surface area contributed by atoms with Gasteiger partial charge in [-0.05, 0) is 25.5 Å². The first-order chi connectivity index (χ1) is 13.6. The first-order valence-electron chi connectivity index (χ1n) is 8.78. The average molecular weight is 416 g/mol. The van der Waals surface area contributed by atoms with Crippen molar-refractivity contribution >= 4 is 23.3 Å². The van der Waals surface area contributed by atoms with Gasteiger partial charge in [0.25, 0.3) is 0 Å². The topological polar surface area (TPSA) is 83.5 Å². The van der Waals surface area contributed by atoms with Crippen molar-refractivity contribution in [1.29, 1.82) is 0 Å². The number of anilines is 1. The van der Waals surface area contributed by atoms with E-state index in [1.807, 2.05) is 0 Å². The second-order valence-corrected chi connectivity index (χ2v) is 6.86. The molecule has 29 heavy (non-hydrogen) atoms. The molecule has 0 aliphatic carbocycles. The lowest BCUT2D eigenvalue weighted by molar-refractivity contribution is -0.461. The molecule has 156 valence electrons. The van der Waals surface area contributed by atoms with Crippen molar-refractivity contribution in [2.45, 2.75) is 38.2 Å². The summed E-state index contributed by atoms with van der Waals surface area (Å²) in [4.78, 5) is 26.0. The number of benzene rings is 1. The average Bonchev–Trinajstić information content (AvgIpc) is 3.18. The number of hydrogen-bond donors (Lipinski definition) is 1. The van der Waals surface area contributed by atoms with E-state index in [0.717, 1.165) is 29.6 Å². The number of nitrogens with zero attached hydrogens (tertiary/aromatic N) is 3. The predicted molar refractivity (Wildman–Crippen MR) is 90.6 cm³/mol. The molecule has 0 saturated carbocycles. The van der Waals surface area contributed by atoms with Gasteiger partial charge in [0.15, 0.2) is 0 Å². The number of likely N-dealkylation sites (tertiary alicyclic amines) is 1. The molecule has 0 aromatic heterocycles. The lowest BCUT2D eigenvalue weighted by Gasteiger charge is -2.30. The summed E-state index contributed by atoms with van der Waals surface area (Å²) in [6, 6.07) is 1.74. The van der Waals surface area contributed by atoms with E-state index in [1.165, 1.54) is 0 Å². The molecule has 0 spiro atoms. The van der Waals surface area contributed by atoms with Crippen LogP contribution < -0.4 is 10.1 Å². The van der Waals surface area contributed by atoms with Crippen molar-refractivity contribution in [3.63, 3.8) is 0 Å². The maximum Gasteiger partial charge on any atom is 0.540 e. The number of hydrazone groups is 1. The number of rotatable bonds is 2. The van der Waals surface area contributed by atoms with Gasteiger partial charge >= 0.3 is 18.4 Å². The fourth-order valence-corrected chi connectivity index (χ4v) is 3.51. The maximum absolute atomic E-state index is 13.7. The molecule has 3 aliphatic rings. The molecule has 0 radical (unpaired) electrons. The van der Waals surface area contributed by atoms with Gasteiger partial charge in [-0.3, -0.25) is 4.79 Å². The second kappa shape index (κ2) is 6.58. The summed E-state index contributed by atoms with van der Waals surface area (Å²) in [5.74, 6) is -0.826. The van der Waals surface area contributed by atoms with Crippen LogP contribution in [0.25, 0.3) is 0 Å². The van der Waals surface area contributed by atoms with E-state index in [0.29, 0.717) is 18.7 Å². The third-order valence-electron chi connectivity index (χ3n) is 4.85. The number of carbonyl (C=O) groups is 2. The number of nitrogens with one attached hydrogen (secondary N) is 1. The smallest absolute Gasteiger partial charge is 0.409 e. The normalized spacial score (nSPS) is 24.8. The number of halogens is 4. The van der Waals surface area contributed by atoms with Gasteiger partial charge in [-0.2, -0.15) is 13.9 Å². The second-order valence-electron chi connectivity index (χ2n) is 6.86. The fraction of sp³-hybridized carbons (Fsp3) is 0.471. The van der Waals surface area contributed by atoms with Gasteiger partial charge in [-0.25, -0.2) is 14.5 Å². The van der Waals surface area contributed by atoms with Crippen molar-refractivity contribution in [1.82, 2.24) is 9.91 Å². The Morgan fingerprint density at radius 2 is 2.07 bits per heavy atom. The predicted octanol–water partition coefficient (Wildman–Crippen LogP) is 2.91. The van der Waals surface area contributed by atoms with Crippen LogP contribution in [0.15, 0.2) is 23.3 Å². The molecular weight excluding hydrogens is 400 g/mol. The van der Waals surface area contributed by atoms with Gasteiger partial charge in [-0.15, -0.1) is 8.78 Å². The Hall–Kier alpha value is -2.89. The zero-order valence-electron chi connectivity index (χ0n) is 15.1. The Balaban J connectivity index is 1.48. The number of fused-ring (bicyclic) bond motifs is 1. The van der Waals surface area contributed by atoms with Crippen LogP contribution in [-0.4, -0.2) is 53.0 Å². The van der Waals surface area contributed by atoms with Crippen LogP contribution in [0.3, 0.4) is 0 Å². The molecule has 1 aromatic carbocycles. The minimum atomic E-state index is -4.51. The van der Waals surface area contributed by atoms with Crippen LogP contribution in [-0.2, 0) is 15.6 Å². The highest BCUT2D eigenvalue weighted by Gasteiger charge is 2.54. The largest absolute Gasteiger partial charge is 0.540 e. The molecule has 1 fully saturated rings. The number of hydrogen-bond acceptors (Lipinski definition) is 5. The van der Waals surface area contributed by atoms with E-state index in [4.69, 9.17) is 0 Å². The molecule has 3 aliphatic heterocycles. The van der Waals surface area contributed by atoms with Gasteiger partial charge < -0.3 is 15.0 Å². The number of urea groups is 1. The minimum Gasteiger partial charge on any atom is -0.409 e. The van der Waals surface area contributed by atoms with Crippen LogP contribution in [0.4, 0.5) is 28.0 Å². The Morgan fingerprint density at radius 3 is 2.76 bits per heavy atom. The van der Waals surface area contributed by atoms with E-state index in [2.05, 4.69) is 19.9 Å². The summed E-state index contributed by atoms with van der Waals surface area (Å²) in [6.07, 6.45) is -7.57. The van der Waals surface area contributed by atoms with Crippen LogP contribution in [0, 0.1) is 0 Å². The summed E-state index contributed by atoms with van der Waals surface area (Å²) >= 11 is 0. The third-order valence-corrected chi connectivity index (χ3v) is 4.85. The van der Waals surface area contributed by atoms with Crippen LogP contribution in [0.1, 0.15) is 25.3 Å². The van der Waals surface area contributed by atoms with E-state index in [1.54, 1.807) is 11.8 Å². The molecule has 3 amide bonds. The molecule has 4 rings (SSSR count). The standard InChI is InChI=1S/C17H16F4N4O4/c1-9-12(24-6-2-3-14(24)26)8-25(23-9)15(27)22-10-4-5-11-13(7-10)28-17(20,21)29-16(11,18)19/h4-5,7,12H,2-3,6,8H2,1H3,(H,22,27). The van der Waals surface area contributed by atoms with Gasteiger partial charge in [0.05, 0.1) is 23.9 Å². The molecule has 3 heterocycles. The first kappa shape index (κ1) is 19.4. The lowest BCUT2D eigenvalue weighted by atomic mass is 10.1. The summed E-state index contributed by atoms with van der Waals surface area (Å²) < 4.78 is 61.3. The molecule has 1 N–H and O–H groups in total. The highest BCUT2D eigenvalue weighted by Crippen LogP contribution is 2.46. The van der Waals surface area contributed by atoms with Crippen molar-refractivity contribution in [2.75, 3.05) is 18.4 Å². The maximum atomic E-state index is 13.7. The van der Waals surface area contributed by atoms with Crippen molar-refractivity contribution in [2.24, 2.45) is 5.10 Å². The highest BCUT2D eigenvalue weighted by molar-refractivity contribution is 5.97. The lowest BCUT2D eigenvalue weighted by Crippen LogP contribution is -2.44. The van der Waals surface area contributed by atoms with Gasteiger partial charge in [0.2, 0.25) is 5.91 Å². The molecule has 8 nitrogen and oxygen atoms in total. The number of alkyl halides is 4. The Morgan fingerprint density at radius 1 is 1.31 bits per heavy atom. The summed E-state index contributed by atoms with van der Waals surface area (Å²) in [6.45, 7) is 2.41. The van der Waals surface area contributed by atoms with E-state index < -0.39 is 29.7 Å². The fourth-order valence-electron chi connectivity index (χ4n) is 3.51. The number of amides is 3. The van der Waals surface area contributed by atoms with Crippen molar-refractivity contribution < 1.29 is 36.6 Å². The Labute approximate surface area is 162 Å². The molecular formula is C17H16F4N4O4. The molecule has 1 atom stereocenters. The number of carbonyl (C=O) groups excluding carboxylic acids is 2. The van der Waals surface area contributed by atoms with Gasteiger partial charge in [0.1, 0.15) is 5.75 Å². The molecule has 0 bridgehead atoms. The quantitative estimate of drug-likeness (QED) is 0.752. The summed E-state index contributed by atoms with van der Waals surface area (Å²) in [5, 5.41) is 7.62. The van der Waals surface area contributed by atoms with Crippen molar-refractivity contribution in [3.8, 4) is 5.75 Å². The molecule has 1 aromatic rings. The summed E-state index contributed by atoms with van der Waals surface area (Å²) in [7, 11) is 0. The number of ether oxygens (including phenoxy) is 2. The minimum absolute atomic E-state index is 0.0114.